The zero-order valence-electron chi connectivity index (χ0n) is 13.0. The summed E-state index contributed by atoms with van der Waals surface area (Å²) in [6.45, 7) is 1.37. The Hall–Kier alpha value is -1.76. The van der Waals surface area contributed by atoms with Crippen molar-refractivity contribution in [3.63, 3.8) is 0 Å². The van der Waals surface area contributed by atoms with Gasteiger partial charge in [-0.15, -0.1) is 0 Å². The van der Waals surface area contributed by atoms with Crippen LogP contribution in [0.5, 0.6) is 11.5 Å². The Morgan fingerprint density at radius 2 is 1.83 bits per heavy atom. The number of rotatable bonds is 5. The third-order valence-electron chi connectivity index (χ3n) is 3.62. The van der Waals surface area contributed by atoms with Crippen molar-refractivity contribution in [3.8, 4) is 11.5 Å². The first-order chi connectivity index (χ1) is 11.5. The van der Waals surface area contributed by atoms with Gasteiger partial charge in [0, 0.05) is 24.1 Å². The first kappa shape index (κ1) is 17.1. The lowest BCUT2D eigenvalue weighted by molar-refractivity contribution is 0.297. The molecule has 0 aromatic heterocycles. The van der Waals surface area contributed by atoms with Crippen molar-refractivity contribution in [2.45, 2.75) is 17.7 Å². The summed E-state index contributed by atoms with van der Waals surface area (Å²) in [5.41, 5.74) is 0.976. The molecule has 5 nitrogen and oxygen atoms in total. The normalized spacial score (nSPS) is 14.2. The van der Waals surface area contributed by atoms with Crippen LogP contribution in [-0.4, -0.2) is 28.2 Å². The Labute approximate surface area is 146 Å². The molecule has 0 radical (unpaired) electrons. The maximum atomic E-state index is 12.4. The van der Waals surface area contributed by atoms with E-state index in [1.54, 1.807) is 12.1 Å². The summed E-state index contributed by atoms with van der Waals surface area (Å²) >= 11 is 5.93. The number of sulfonamides is 1. The van der Waals surface area contributed by atoms with Gasteiger partial charge in [-0.2, -0.15) is 0 Å². The van der Waals surface area contributed by atoms with Gasteiger partial charge in [-0.3, -0.25) is 0 Å². The lowest BCUT2D eigenvalue weighted by Crippen LogP contribution is -2.26. The van der Waals surface area contributed by atoms with E-state index >= 15 is 0 Å². The molecule has 0 spiro atoms. The summed E-state index contributed by atoms with van der Waals surface area (Å²) < 4.78 is 38.5. The van der Waals surface area contributed by atoms with Gasteiger partial charge in [0.15, 0.2) is 11.5 Å². The molecular weight excluding hydrogens is 350 g/mol. The van der Waals surface area contributed by atoms with E-state index in [-0.39, 0.29) is 11.4 Å². The molecule has 2 aromatic carbocycles. The first-order valence-corrected chi connectivity index (χ1v) is 9.54. The minimum Gasteiger partial charge on any atom is -0.490 e. The molecule has 1 aliphatic rings. The summed E-state index contributed by atoms with van der Waals surface area (Å²) in [6, 6.07) is 12.0. The van der Waals surface area contributed by atoms with E-state index in [0.717, 1.165) is 12.0 Å². The van der Waals surface area contributed by atoms with Crippen molar-refractivity contribution < 1.29 is 17.9 Å². The van der Waals surface area contributed by atoms with Crippen molar-refractivity contribution in [3.05, 3.63) is 53.1 Å². The van der Waals surface area contributed by atoms with Crippen LogP contribution in [0.2, 0.25) is 5.02 Å². The molecule has 0 bridgehead atoms. The maximum Gasteiger partial charge on any atom is 0.240 e. The Bertz CT molecular complexity index is 823. The van der Waals surface area contributed by atoms with Crippen LogP contribution >= 0.6 is 11.6 Å². The predicted octanol–water partition coefficient (Wildman–Crippen LogP) is 3.02. The Morgan fingerprint density at radius 1 is 1.04 bits per heavy atom. The third kappa shape index (κ3) is 4.20. The zero-order valence-corrected chi connectivity index (χ0v) is 14.6. The molecule has 0 unspecified atom stereocenters. The van der Waals surface area contributed by atoms with Crippen LogP contribution in [0, 0.1) is 0 Å². The van der Waals surface area contributed by atoms with Gasteiger partial charge in [0.2, 0.25) is 10.0 Å². The van der Waals surface area contributed by atoms with Crippen LogP contribution in [-0.2, 0) is 16.4 Å². The lowest BCUT2D eigenvalue weighted by Gasteiger charge is -2.11. The number of halogens is 1. The van der Waals surface area contributed by atoms with Gasteiger partial charge >= 0.3 is 0 Å². The molecule has 7 heteroatoms. The molecule has 1 heterocycles. The molecular formula is C17H18ClNO4S. The molecule has 0 saturated heterocycles. The van der Waals surface area contributed by atoms with Crippen LogP contribution in [0.15, 0.2) is 47.4 Å². The van der Waals surface area contributed by atoms with E-state index in [9.17, 15) is 8.42 Å². The van der Waals surface area contributed by atoms with E-state index < -0.39 is 10.0 Å². The minimum absolute atomic E-state index is 0.165. The Balaban J connectivity index is 1.68. The number of benzene rings is 2. The van der Waals surface area contributed by atoms with Gasteiger partial charge in [-0.05, 0) is 36.2 Å². The number of hydrogen-bond donors (Lipinski definition) is 1. The highest BCUT2D eigenvalue weighted by Crippen LogP contribution is 2.31. The molecule has 0 fully saturated rings. The summed E-state index contributed by atoms with van der Waals surface area (Å²) in [5.74, 6) is 1.04. The van der Waals surface area contributed by atoms with Crippen molar-refractivity contribution in [2.24, 2.45) is 0 Å². The minimum atomic E-state index is -3.60. The second-order valence-corrected chi connectivity index (χ2v) is 7.64. The molecule has 1 N–H and O–H groups in total. The Kier molecular flexibility index (Phi) is 5.28. The average Bonchev–Trinajstić information content (AvgIpc) is 2.79. The fraction of sp³-hybridized carbons (Fsp3) is 0.294. The summed E-state index contributed by atoms with van der Waals surface area (Å²) in [4.78, 5) is 0.165. The topological polar surface area (TPSA) is 64.6 Å². The van der Waals surface area contributed by atoms with Gasteiger partial charge in [0.1, 0.15) is 0 Å². The van der Waals surface area contributed by atoms with Crippen molar-refractivity contribution in [1.29, 1.82) is 0 Å². The smallest absolute Gasteiger partial charge is 0.240 e. The van der Waals surface area contributed by atoms with E-state index in [0.29, 0.717) is 36.2 Å². The van der Waals surface area contributed by atoms with Crippen LogP contribution in [0.3, 0.4) is 0 Å². The maximum absolute atomic E-state index is 12.4. The molecule has 128 valence electrons. The third-order valence-corrected chi connectivity index (χ3v) is 5.32. The molecule has 0 amide bonds. The molecule has 0 aliphatic carbocycles. The fourth-order valence-electron chi connectivity index (χ4n) is 2.42. The van der Waals surface area contributed by atoms with Crippen LogP contribution in [0.25, 0.3) is 0 Å². The number of ether oxygens (including phenoxy) is 2. The zero-order chi connectivity index (χ0) is 17.0. The van der Waals surface area contributed by atoms with Crippen LogP contribution < -0.4 is 14.2 Å². The lowest BCUT2D eigenvalue weighted by atomic mass is 10.2. The SMILES string of the molecule is O=S(=O)(NCCc1cccc(Cl)c1)c1ccc2c(c1)OCCCO2. The van der Waals surface area contributed by atoms with Crippen molar-refractivity contribution in [2.75, 3.05) is 19.8 Å². The summed E-state index contributed by atoms with van der Waals surface area (Å²) in [6.07, 6.45) is 1.33. The van der Waals surface area contributed by atoms with Gasteiger partial charge < -0.3 is 9.47 Å². The first-order valence-electron chi connectivity index (χ1n) is 7.68. The predicted molar refractivity (Wildman–Crippen MR) is 92.4 cm³/mol. The molecule has 0 atom stereocenters. The van der Waals surface area contributed by atoms with Gasteiger partial charge in [-0.25, -0.2) is 13.1 Å². The number of nitrogens with one attached hydrogen (secondary N) is 1. The molecule has 3 rings (SSSR count). The van der Waals surface area contributed by atoms with Gasteiger partial charge in [0.05, 0.1) is 18.1 Å². The highest BCUT2D eigenvalue weighted by atomic mass is 35.5. The van der Waals surface area contributed by atoms with Crippen molar-refractivity contribution >= 4 is 21.6 Å². The van der Waals surface area contributed by atoms with E-state index in [1.165, 1.54) is 12.1 Å². The number of hydrogen-bond acceptors (Lipinski definition) is 4. The standard InChI is InChI=1S/C17H18ClNO4S/c18-14-4-1-3-13(11-14)7-8-19-24(20,21)15-5-6-16-17(12-15)23-10-2-9-22-16/h1,3-6,11-12,19H,2,7-10H2. The van der Waals surface area contributed by atoms with E-state index in [2.05, 4.69) is 4.72 Å². The summed E-state index contributed by atoms with van der Waals surface area (Å²) in [7, 11) is -3.60. The highest BCUT2D eigenvalue weighted by molar-refractivity contribution is 7.89. The fourth-order valence-corrected chi connectivity index (χ4v) is 3.68. The molecule has 1 aliphatic heterocycles. The number of fused-ring (bicyclic) bond motifs is 1. The largest absolute Gasteiger partial charge is 0.490 e. The monoisotopic (exact) mass is 367 g/mol. The quantitative estimate of drug-likeness (QED) is 0.882. The van der Waals surface area contributed by atoms with E-state index in [4.69, 9.17) is 21.1 Å². The summed E-state index contributed by atoms with van der Waals surface area (Å²) in [5, 5.41) is 0.637. The van der Waals surface area contributed by atoms with Gasteiger partial charge in [-0.1, -0.05) is 23.7 Å². The van der Waals surface area contributed by atoms with Crippen molar-refractivity contribution in [1.82, 2.24) is 4.72 Å². The van der Waals surface area contributed by atoms with Crippen LogP contribution in [0.1, 0.15) is 12.0 Å². The average molecular weight is 368 g/mol. The molecule has 24 heavy (non-hydrogen) atoms. The second-order valence-electron chi connectivity index (χ2n) is 5.44. The molecule has 2 aromatic rings. The Morgan fingerprint density at radius 3 is 2.62 bits per heavy atom. The van der Waals surface area contributed by atoms with E-state index in [1.807, 2.05) is 18.2 Å². The second kappa shape index (κ2) is 7.42. The van der Waals surface area contributed by atoms with Gasteiger partial charge in [0.25, 0.3) is 0 Å². The van der Waals surface area contributed by atoms with Crippen LogP contribution in [0.4, 0.5) is 0 Å². The molecule has 0 saturated carbocycles. The highest BCUT2D eigenvalue weighted by Gasteiger charge is 2.18.